The number of piperidine rings is 1. The number of aryl methyl sites for hydroxylation is 2. The van der Waals surface area contributed by atoms with E-state index in [4.69, 9.17) is 0 Å². The van der Waals surface area contributed by atoms with E-state index in [2.05, 4.69) is 64.6 Å². The average Bonchev–Trinajstić information content (AvgIpc) is 3.40. The Balaban J connectivity index is 1.10. The lowest BCUT2D eigenvalue weighted by Crippen LogP contribution is -2.38. The monoisotopic (exact) mass is 497 g/mol. The maximum absolute atomic E-state index is 12.9. The Morgan fingerprint density at radius 1 is 0.946 bits per heavy atom. The molecule has 2 aliphatic heterocycles. The SMILES string of the molecule is Cc1cc(C)cc(CC(=O)N2CCC(c3ccc(NC(=O)C4CCN(c5cccnn5)C4)cc3)CC2)c1. The van der Waals surface area contributed by atoms with Gasteiger partial charge in [0.1, 0.15) is 0 Å². The van der Waals surface area contributed by atoms with E-state index in [1.165, 1.54) is 16.7 Å². The number of carbonyl (C=O) groups excluding carboxylic acids is 2. The van der Waals surface area contributed by atoms with Crippen molar-refractivity contribution in [1.29, 1.82) is 0 Å². The van der Waals surface area contributed by atoms with Crippen molar-refractivity contribution in [3.05, 3.63) is 83.0 Å². The van der Waals surface area contributed by atoms with E-state index in [0.29, 0.717) is 18.9 Å². The molecule has 0 spiro atoms. The number of aromatic nitrogens is 2. The second kappa shape index (κ2) is 11.1. The molecular weight excluding hydrogens is 462 g/mol. The summed E-state index contributed by atoms with van der Waals surface area (Å²) in [5.74, 6) is 1.46. The Morgan fingerprint density at radius 3 is 2.35 bits per heavy atom. The molecule has 0 bridgehead atoms. The van der Waals surface area contributed by atoms with Gasteiger partial charge in [-0.1, -0.05) is 41.5 Å². The van der Waals surface area contributed by atoms with Gasteiger partial charge in [-0.05, 0) is 74.4 Å². The first-order chi connectivity index (χ1) is 17.9. The van der Waals surface area contributed by atoms with Crippen LogP contribution in [0.1, 0.15) is 47.4 Å². The Kier molecular flexibility index (Phi) is 7.49. The van der Waals surface area contributed by atoms with Crippen molar-refractivity contribution in [2.24, 2.45) is 5.92 Å². The van der Waals surface area contributed by atoms with Crippen molar-refractivity contribution in [3.63, 3.8) is 0 Å². The fraction of sp³-hybridized carbons (Fsp3) is 0.400. The summed E-state index contributed by atoms with van der Waals surface area (Å²) in [6.07, 6.45) is 4.86. The van der Waals surface area contributed by atoms with Crippen molar-refractivity contribution < 1.29 is 9.59 Å². The van der Waals surface area contributed by atoms with Crippen LogP contribution in [0, 0.1) is 19.8 Å². The summed E-state index contributed by atoms with van der Waals surface area (Å²) in [4.78, 5) is 29.8. The van der Waals surface area contributed by atoms with E-state index in [9.17, 15) is 9.59 Å². The Hall–Kier alpha value is -3.74. The first kappa shape index (κ1) is 24.9. The number of hydrogen-bond donors (Lipinski definition) is 1. The van der Waals surface area contributed by atoms with Crippen molar-refractivity contribution >= 4 is 23.3 Å². The van der Waals surface area contributed by atoms with Gasteiger partial charge in [0.25, 0.3) is 0 Å². The van der Waals surface area contributed by atoms with Crippen LogP contribution >= 0.6 is 0 Å². The highest BCUT2D eigenvalue weighted by Crippen LogP contribution is 2.30. The number of nitrogens with one attached hydrogen (secondary N) is 1. The van der Waals surface area contributed by atoms with Crippen LogP contribution in [-0.4, -0.2) is 53.1 Å². The molecule has 2 aliphatic rings. The number of likely N-dealkylation sites (tertiary alicyclic amines) is 1. The molecule has 2 amide bonds. The zero-order valence-corrected chi connectivity index (χ0v) is 21.7. The fourth-order valence-corrected chi connectivity index (χ4v) is 5.65. The Morgan fingerprint density at radius 2 is 1.68 bits per heavy atom. The summed E-state index contributed by atoms with van der Waals surface area (Å²) >= 11 is 0. The zero-order chi connectivity index (χ0) is 25.8. The van der Waals surface area contributed by atoms with Gasteiger partial charge < -0.3 is 15.1 Å². The molecular formula is C30H35N5O2. The number of hydrogen-bond acceptors (Lipinski definition) is 5. The molecule has 2 fully saturated rings. The Labute approximate surface area is 218 Å². The lowest BCUT2D eigenvalue weighted by Gasteiger charge is -2.32. The summed E-state index contributed by atoms with van der Waals surface area (Å²) in [7, 11) is 0. The predicted molar refractivity (Wildman–Crippen MR) is 146 cm³/mol. The van der Waals surface area contributed by atoms with Gasteiger partial charge in [-0.15, -0.1) is 5.10 Å². The first-order valence-corrected chi connectivity index (χ1v) is 13.2. The number of rotatable bonds is 6. The minimum atomic E-state index is -0.0627. The molecule has 1 unspecified atom stereocenters. The standard InChI is InChI=1S/C30H35N5O2/c1-21-16-22(2)18-23(17-21)19-29(36)34-13-9-25(10-14-34)24-5-7-27(8-6-24)32-30(37)26-11-15-35(20-26)28-4-3-12-31-33-28/h3-8,12,16-18,25-26H,9-11,13-15,19-20H2,1-2H3,(H,32,37). The first-order valence-electron chi connectivity index (χ1n) is 13.2. The number of carbonyl (C=O) groups is 2. The minimum Gasteiger partial charge on any atom is -0.354 e. The molecule has 1 N–H and O–H groups in total. The number of anilines is 2. The van der Waals surface area contributed by atoms with E-state index < -0.39 is 0 Å². The number of nitrogens with zero attached hydrogens (tertiary/aromatic N) is 4. The van der Waals surface area contributed by atoms with Crippen LogP contribution in [0.5, 0.6) is 0 Å². The predicted octanol–water partition coefficient (Wildman–Crippen LogP) is 4.51. The average molecular weight is 498 g/mol. The number of amides is 2. The number of benzene rings is 2. The van der Waals surface area contributed by atoms with Gasteiger partial charge >= 0.3 is 0 Å². The molecule has 192 valence electrons. The van der Waals surface area contributed by atoms with Crippen molar-refractivity contribution in [2.75, 3.05) is 36.4 Å². The van der Waals surface area contributed by atoms with E-state index in [1.54, 1.807) is 6.20 Å². The Bertz CT molecular complexity index is 1220. The highest BCUT2D eigenvalue weighted by Gasteiger charge is 2.29. The topological polar surface area (TPSA) is 78.4 Å². The largest absolute Gasteiger partial charge is 0.354 e. The van der Waals surface area contributed by atoms with E-state index in [0.717, 1.165) is 56.0 Å². The highest BCUT2D eigenvalue weighted by molar-refractivity contribution is 5.93. The molecule has 0 radical (unpaired) electrons. The van der Waals surface area contributed by atoms with Crippen LogP contribution in [-0.2, 0) is 16.0 Å². The van der Waals surface area contributed by atoms with Crippen molar-refractivity contribution in [1.82, 2.24) is 15.1 Å². The van der Waals surface area contributed by atoms with Gasteiger partial charge in [0.15, 0.2) is 5.82 Å². The van der Waals surface area contributed by atoms with Crippen molar-refractivity contribution in [2.45, 2.75) is 45.4 Å². The third kappa shape index (κ3) is 6.16. The molecule has 7 heteroatoms. The minimum absolute atomic E-state index is 0.0507. The summed E-state index contributed by atoms with van der Waals surface area (Å²) in [5, 5.41) is 11.2. The molecule has 3 aromatic rings. The lowest BCUT2D eigenvalue weighted by atomic mass is 9.89. The molecule has 7 nitrogen and oxygen atoms in total. The molecule has 0 aliphatic carbocycles. The molecule has 5 rings (SSSR count). The van der Waals surface area contributed by atoms with Crippen LogP contribution in [0.3, 0.4) is 0 Å². The fourth-order valence-electron chi connectivity index (χ4n) is 5.65. The van der Waals surface area contributed by atoms with Crippen LogP contribution in [0.4, 0.5) is 11.5 Å². The maximum atomic E-state index is 12.9. The molecule has 1 atom stereocenters. The smallest absolute Gasteiger partial charge is 0.229 e. The summed E-state index contributed by atoms with van der Waals surface area (Å²) in [5.41, 5.74) is 5.60. The van der Waals surface area contributed by atoms with Crippen molar-refractivity contribution in [3.8, 4) is 0 Å². The third-order valence-corrected chi connectivity index (χ3v) is 7.58. The van der Waals surface area contributed by atoms with Crippen LogP contribution < -0.4 is 10.2 Å². The lowest BCUT2D eigenvalue weighted by molar-refractivity contribution is -0.131. The maximum Gasteiger partial charge on any atom is 0.229 e. The second-order valence-corrected chi connectivity index (χ2v) is 10.5. The highest BCUT2D eigenvalue weighted by atomic mass is 16.2. The molecule has 37 heavy (non-hydrogen) atoms. The molecule has 2 aromatic carbocycles. The van der Waals surface area contributed by atoms with Gasteiger partial charge in [-0.3, -0.25) is 9.59 Å². The summed E-state index contributed by atoms with van der Waals surface area (Å²) in [6.45, 7) is 7.19. The van der Waals surface area contributed by atoms with Gasteiger partial charge in [0.2, 0.25) is 11.8 Å². The summed E-state index contributed by atoms with van der Waals surface area (Å²) in [6, 6.07) is 18.4. The summed E-state index contributed by atoms with van der Waals surface area (Å²) < 4.78 is 0. The van der Waals surface area contributed by atoms with Gasteiger partial charge in [-0.25, -0.2) is 0 Å². The van der Waals surface area contributed by atoms with Crippen LogP contribution in [0.25, 0.3) is 0 Å². The van der Waals surface area contributed by atoms with Crippen LogP contribution in [0.2, 0.25) is 0 Å². The van der Waals surface area contributed by atoms with Gasteiger partial charge in [-0.2, -0.15) is 5.10 Å². The normalized spacial score (nSPS) is 18.2. The third-order valence-electron chi connectivity index (χ3n) is 7.58. The molecule has 2 saturated heterocycles. The van der Waals surface area contributed by atoms with Crippen LogP contribution in [0.15, 0.2) is 60.8 Å². The molecule has 0 saturated carbocycles. The van der Waals surface area contributed by atoms with E-state index in [-0.39, 0.29) is 17.7 Å². The zero-order valence-electron chi connectivity index (χ0n) is 21.7. The molecule has 1 aromatic heterocycles. The second-order valence-electron chi connectivity index (χ2n) is 10.5. The van der Waals surface area contributed by atoms with E-state index >= 15 is 0 Å². The van der Waals surface area contributed by atoms with Gasteiger partial charge in [0, 0.05) is 38.1 Å². The van der Waals surface area contributed by atoms with E-state index in [1.807, 2.05) is 29.2 Å². The molecule has 3 heterocycles. The quantitative estimate of drug-likeness (QED) is 0.542. The van der Waals surface area contributed by atoms with Gasteiger partial charge in [0.05, 0.1) is 12.3 Å².